The highest BCUT2D eigenvalue weighted by Crippen LogP contribution is 2.27. The number of aliphatic carboxylic acids is 1. The summed E-state index contributed by atoms with van der Waals surface area (Å²) in [6, 6.07) is -1.10. The Morgan fingerprint density at radius 3 is 2.12 bits per heavy atom. The zero-order chi connectivity index (χ0) is 25.0. The van der Waals surface area contributed by atoms with Gasteiger partial charge >= 0.3 is 5.97 Å². The van der Waals surface area contributed by atoms with Gasteiger partial charge in [-0.25, -0.2) is 4.79 Å². The molecule has 1 rings (SSSR count). The average Bonchev–Trinajstić information content (AvgIpc) is 2.67. The summed E-state index contributed by atoms with van der Waals surface area (Å²) >= 11 is 0. The first-order chi connectivity index (χ1) is 14.6. The molecule has 2 N–H and O–H groups in total. The van der Waals surface area contributed by atoms with E-state index in [1.54, 1.807) is 18.0 Å². The lowest BCUT2D eigenvalue weighted by Crippen LogP contribution is -2.61. The lowest BCUT2D eigenvalue weighted by Gasteiger charge is -2.42. The number of carbonyl (C=O) groups is 3. The molecule has 0 bridgehead atoms. The number of nitrogens with one attached hydrogen (secondary N) is 1. The Bertz CT molecular complexity index is 708. The predicted octanol–water partition coefficient (Wildman–Crippen LogP) is 3.54. The molecule has 0 aromatic rings. The Morgan fingerprint density at radius 1 is 1.12 bits per heavy atom. The molecule has 7 nitrogen and oxygen atoms in total. The molecular weight excluding hydrogens is 406 g/mol. The van der Waals surface area contributed by atoms with Crippen molar-refractivity contribution in [2.75, 3.05) is 13.6 Å². The van der Waals surface area contributed by atoms with Crippen LogP contribution < -0.4 is 5.32 Å². The summed E-state index contributed by atoms with van der Waals surface area (Å²) in [5.41, 5.74) is -0.304. The van der Waals surface area contributed by atoms with Crippen molar-refractivity contribution in [3.05, 3.63) is 11.6 Å². The van der Waals surface area contributed by atoms with Crippen LogP contribution in [0.1, 0.15) is 75.2 Å². The van der Waals surface area contributed by atoms with Gasteiger partial charge in [-0.3, -0.25) is 14.5 Å². The molecule has 1 heterocycles. The summed E-state index contributed by atoms with van der Waals surface area (Å²) in [7, 11) is 1.69. The molecule has 0 saturated carbocycles. The number of nitrogens with zero attached hydrogens (tertiary/aromatic N) is 2. The highest BCUT2D eigenvalue weighted by molar-refractivity contribution is 5.91. The van der Waals surface area contributed by atoms with E-state index in [9.17, 15) is 19.5 Å². The minimum absolute atomic E-state index is 0.0193. The van der Waals surface area contributed by atoms with Gasteiger partial charge in [0.05, 0.1) is 12.1 Å². The van der Waals surface area contributed by atoms with E-state index in [1.165, 1.54) is 6.92 Å². The molecule has 1 fully saturated rings. The first-order valence-corrected chi connectivity index (χ1v) is 11.8. The molecule has 4 atom stereocenters. The Hall–Kier alpha value is -1.89. The van der Waals surface area contributed by atoms with Crippen LogP contribution in [0.3, 0.4) is 0 Å². The van der Waals surface area contributed by atoms with Crippen LogP contribution in [-0.2, 0) is 14.4 Å². The van der Waals surface area contributed by atoms with Crippen molar-refractivity contribution in [2.24, 2.45) is 17.3 Å². The van der Waals surface area contributed by atoms with Gasteiger partial charge in [0.2, 0.25) is 11.8 Å². The maximum Gasteiger partial charge on any atom is 0.331 e. The number of amides is 2. The highest BCUT2D eigenvalue weighted by atomic mass is 16.4. The summed E-state index contributed by atoms with van der Waals surface area (Å²) in [4.78, 5) is 42.1. The molecule has 0 aromatic carbocycles. The lowest BCUT2D eigenvalue weighted by atomic mass is 9.84. The number of carbonyl (C=O) groups excluding carboxylic acids is 2. The summed E-state index contributed by atoms with van der Waals surface area (Å²) in [5.74, 6) is -0.753. The minimum atomic E-state index is -1.00. The van der Waals surface area contributed by atoms with Gasteiger partial charge < -0.3 is 15.3 Å². The summed E-state index contributed by atoms with van der Waals surface area (Å²) in [6.07, 6.45) is 3.39. The van der Waals surface area contributed by atoms with E-state index in [0.29, 0.717) is 5.92 Å². The number of likely N-dealkylation sites (tertiary alicyclic amines) is 1. The summed E-state index contributed by atoms with van der Waals surface area (Å²) in [5, 5.41) is 12.4. The first-order valence-electron chi connectivity index (χ1n) is 11.8. The number of carboxylic acids is 1. The van der Waals surface area contributed by atoms with Crippen LogP contribution in [0.4, 0.5) is 0 Å². The van der Waals surface area contributed by atoms with Gasteiger partial charge in [0.15, 0.2) is 0 Å². The zero-order valence-corrected chi connectivity index (χ0v) is 21.7. The first kappa shape index (κ1) is 28.1. The van der Waals surface area contributed by atoms with E-state index in [4.69, 9.17) is 0 Å². The molecule has 32 heavy (non-hydrogen) atoms. The Balaban J connectivity index is 3.17. The highest BCUT2D eigenvalue weighted by Gasteiger charge is 2.40. The lowest BCUT2D eigenvalue weighted by molar-refractivity contribution is -0.142. The molecule has 0 radical (unpaired) electrons. The second-order valence-electron chi connectivity index (χ2n) is 11.1. The van der Waals surface area contributed by atoms with E-state index in [1.807, 2.05) is 34.6 Å². The molecule has 1 aliphatic rings. The molecule has 0 aromatic heterocycles. The molecule has 1 saturated heterocycles. The van der Waals surface area contributed by atoms with Crippen LogP contribution in [0.15, 0.2) is 11.6 Å². The van der Waals surface area contributed by atoms with Gasteiger partial charge in [0.1, 0.15) is 6.04 Å². The van der Waals surface area contributed by atoms with Crippen molar-refractivity contribution in [3.63, 3.8) is 0 Å². The fourth-order valence-electron chi connectivity index (χ4n) is 4.36. The van der Waals surface area contributed by atoms with Crippen molar-refractivity contribution in [2.45, 2.75) is 99.3 Å². The van der Waals surface area contributed by atoms with Crippen LogP contribution in [0, 0.1) is 17.3 Å². The van der Waals surface area contributed by atoms with Gasteiger partial charge in [-0.05, 0) is 50.9 Å². The fraction of sp³-hybridized carbons (Fsp3) is 0.800. The van der Waals surface area contributed by atoms with Crippen molar-refractivity contribution in [1.82, 2.24) is 15.1 Å². The van der Waals surface area contributed by atoms with Crippen molar-refractivity contribution >= 4 is 17.8 Å². The third-order valence-corrected chi connectivity index (χ3v) is 6.46. The smallest absolute Gasteiger partial charge is 0.331 e. The molecule has 7 heteroatoms. The van der Waals surface area contributed by atoms with E-state index in [0.717, 1.165) is 19.4 Å². The second-order valence-corrected chi connectivity index (χ2v) is 11.1. The largest absolute Gasteiger partial charge is 0.478 e. The number of hydrogen-bond donors (Lipinski definition) is 2. The summed E-state index contributed by atoms with van der Waals surface area (Å²) in [6.45, 7) is 18.5. The number of rotatable bonds is 8. The van der Waals surface area contributed by atoms with Gasteiger partial charge in [-0.15, -0.1) is 0 Å². The number of likely N-dealkylation sites (N-methyl/N-ethyl adjacent to an activating group) is 1. The quantitative estimate of drug-likeness (QED) is 0.551. The third kappa shape index (κ3) is 7.32. The molecule has 1 unspecified atom stereocenters. The molecule has 1 aliphatic heterocycles. The topological polar surface area (TPSA) is 90.0 Å². The van der Waals surface area contributed by atoms with E-state index < -0.39 is 17.4 Å². The fourth-order valence-corrected chi connectivity index (χ4v) is 4.36. The van der Waals surface area contributed by atoms with E-state index in [-0.39, 0.29) is 41.4 Å². The normalized spacial score (nSPS) is 22.6. The number of carboxylic acid groups (broad SMARTS) is 1. The van der Waals surface area contributed by atoms with Crippen LogP contribution >= 0.6 is 0 Å². The number of hydrogen-bond acceptors (Lipinski definition) is 4. The van der Waals surface area contributed by atoms with Crippen molar-refractivity contribution in [1.29, 1.82) is 0 Å². The Labute approximate surface area is 194 Å². The van der Waals surface area contributed by atoms with Crippen LogP contribution in [0.5, 0.6) is 0 Å². The van der Waals surface area contributed by atoms with Crippen LogP contribution in [0.2, 0.25) is 0 Å². The zero-order valence-electron chi connectivity index (χ0n) is 21.7. The third-order valence-electron chi connectivity index (χ3n) is 6.46. The minimum Gasteiger partial charge on any atom is -0.478 e. The van der Waals surface area contributed by atoms with E-state index in [2.05, 4.69) is 31.0 Å². The van der Waals surface area contributed by atoms with Gasteiger partial charge in [0, 0.05) is 25.2 Å². The summed E-state index contributed by atoms with van der Waals surface area (Å²) < 4.78 is 0. The molecule has 0 aliphatic carbocycles. The van der Waals surface area contributed by atoms with Gasteiger partial charge in [0.25, 0.3) is 0 Å². The predicted molar refractivity (Wildman–Crippen MR) is 128 cm³/mol. The number of piperidine rings is 1. The second kappa shape index (κ2) is 11.3. The van der Waals surface area contributed by atoms with Gasteiger partial charge in [-0.1, -0.05) is 47.6 Å². The maximum atomic E-state index is 13.6. The average molecular weight is 452 g/mol. The Morgan fingerprint density at radius 2 is 1.69 bits per heavy atom. The van der Waals surface area contributed by atoms with Crippen molar-refractivity contribution in [3.8, 4) is 0 Å². The van der Waals surface area contributed by atoms with E-state index >= 15 is 0 Å². The SMILES string of the molecule is C/C(=C\[C@H](C(C)C)N(C)C(=O)C(NC(=O)[C@@H]1CC[C@H](C)CN1C(C)C)C(C)(C)C)C(=O)O. The van der Waals surface area contributed by atoms with Gasteiger partial charge in [-0.2, -0.15) is 0 Å². The van der Waals surface area contributed by atoms with Crippen molar-refractivity contribution < 1.29 is 19.5 Å². The maximum absolute atomic E-state index is 13.6. The molecule has 0 spiro atoms. The molecule has 184 valence electrons. The van der Waals surface area contributed by atoms with Crippen LogP contribution in [0.25, 0.3) is 0 Å². The Kier molecular flexibility index (Phi) is 9.94. The molecule has 2 amide bonds. The molecular formula is C25H45N3O4. The standard InChI is InChI=1S/C25H45N3O4/c1-15(2)20(13-18(6)24(31)32)27(10)23(30)21(25(7,8)9)26-22(29)19-12-11-17(5)14-28(19)16(3)4/h13,15-17,19-21H,11-12,14H2,1-10H3,(H,26,29)(H,31,32)/b18-13+/t17-,19-,20+,21?/m0/s1. The monoisotopic (exact) mass is 451 g/mol. The van der Waals surface area contributed by atoms with Crippen LogP contribution in [-0.4, -0.2) is 70.4 Å².